The van der Waals surface area contributed by atoms with E-state index in [0.717, 1.165) is 11.3 Å². The van der Waals surface area contributed by atoms with E-state index in [-0.39, 0.29) is 11.8 Å². The molecule has 0 fully saturated rings. The molecule has 0 spiro atoms. The summed E-state index contributed by atoms with van der Waals surface area (Å²) < 4.78 is 15.7. The van der Waals surface area contributed by atoms with Crippen molar-refractivity contribution < 1.29 is 4.39 Å². The van der Waals surface area contributed by atoms with Gasteiger partial charge >= 0.3 is 0 Å². The number of aromatic nitrogens is 2. The average Bonchev–Trinajstić information content (AvgIpc) is 2.79. The standard InChI is InChI=1S/C15H10BrFN4/c1-8-5-11(17)10(16)6-13(8)21-12-4-2-3-9(7-18)14(12)20-15(21)19/h2-6H,1H3,(H2,19,20). The van der Waals surface area contributed by atoms with Crippen LogP contribution >= 0.6 is 15.9 Å². The second-order valence-corrected chi connectivity index (χ2v) is 5.50. The maximum absolute atomic E-state index is 13.6. The van der Waals surface area contributed by atoms with Crippen LogP contribution in [0.5, 0.6) is 0 Å². The largest absolute Gasteiger partial charge is 0.369 e. The zero-order valence-corrected chi connectivity index (χ0v) is 12.6. The van der Waals surface area contributed by atoms with Gasteiger partial charge in [-0.15, -0.1) is 0 Å². The van der Waals surface area contributed by atoms with E-state index in [1.165, 1.54) is 6.07 Å². The normalized spacial score (nSPS) is 10.8. The molecule has 0 radical (unpaired) electrons. The van der Waals surface area contributed by atoms with Crippen molar-refractivity contribution >= 4 is 32.9 Å². The Hall–Kier alpha value is -2.39. The number of para-hydroxylation sites is 1. The van der Waals surface area contributed by atoms with Gasteiger partial charge in [0.15, 0.2) is 0 Å². The van der Waals surface area contributed by atoms with Gasteiger partial charge in [-0.1, -0.05) is 6.07 Å². The third kappa shape index (κ3) is 2.06. The lowest BCUT2D eigenvalue weighted by molar-refractivity contribution is 0.619. The van der Waals surface area contributed by atoms with Gasteiger partial charge in [-0.25, -0.2) is 9.37 Å². The van der Waals surface area contributed by atoms with Crippen LogP contribution in [0.15, 0.2) is 34.8 Å². The van der Waals surface area contributed by atoms with Gasteiger partial charge in [0.1, 0.15) is 17.4 Å². The number of nitriles is 1. The van der Waals surface area contributed by atoms with Crippen LogP contribution in [-0.4, -0.2) is 9.55 Å². The van der Waals surface area contributed by atoms with Gasteiger partial charge in [-0.3, -0.25) is 4.57 Å². The molecule has 0 aliphatic heterocycles. The van der Waals surface area contributed by atoms with Gasteiger partial charge in [0.2, 0.25) is 5.95 Å². The summed E-state index contributed by atoms with van der Waals surface area (Å²) in [6, 6.07) is 10.5. The molecule has 0 atom stereocenters. The molecule has 21 heavy (non-hydrogen) atoms. The fraction of sp³-hybridized carbons (Fsp3) is 0.0667. The summed E-state index contributed by atoms with van der Waals surface area (Å²) >= 11 is 3.18. The van der Waals surface area contributed by atoms with E-state index in [9.17, 15) is 4.39 Å². The van der Waals surface area contributed by atoms with Crippen molar-refractivity contribution in [2.75, 3.05) is 5.73 Å². The molecule has 4 nitrogen and oxygen atoms in total. The SMILES string of the molecule is Cc1cc(F)c(Br)cc1-n1c(N)nc2c(C#N)cccc21. The first-order valence-electron chi connectivity index (χ1n) is 6.16. The highest BCUT2D eigenvalue weighted by Gasteiger charge is 2.15. The molecule has 104 valence electrons. The highest BCUT2D eigenvalue weighted by Crippen LogP contribution is 2.30. The fourth-order valence-electron chi connectivity index (χ4n) is 2.34. The molecule has 2 N–H and O–H groups in total. The fourth-order valence-corrected chi connectivity index (χ4v) is 2.67. The number of imidazole rings is 1. The maximum Gasteiger partial charge on any atom is 0.205 e. The average molecular weight is 345 g/mol. The molecule has 0 amide bonds. The van der Waals surface area contributed by atoms with E-state index in [2.05, 4.69) is 27.0 Å². The molecule has 2 aromatic carbocycles. The molecule has 1 heterocycles. The van der Waals surface area contributed by atoms with Crippen LogP contribution in [0.1, 0.15) is 11.1 Å². The first-order valence-corrected chi connectivity index (χ1v) is 6.95. The molecule has 0 saturated carbocycles. The van der Waals surface area contributed by atoms with E-state index in [1.54, 1.807) is 29.7 Å². The number of nitrogens with two attached hydrogens (primary N) is 1. The van der Waals surface area contributed by atoms with Gasteiger partial charge < -0.3 is 5.73 Å². The molecule has 0 unspecified atom stereocenters. The third-order valence-corrected chi connectivity index (χ3v) is 3.92. The Morgan fingerprint density at radius 2 is 2.14 bits per heavy atom. The molecule has 0 aliphatic rings. The molecule has 0 saturated heterocycles. The Morgan fingerprint density at radius 3 is 2.86 bits per heavy atom. The van der Waals surface area contributed by atoms with Crippen LogP contribution in [0.25, 0.3) is 16.7 Å². The number of hydrogen-bond donors (Lipinski definition) is 1. The number of hydrogen-bond acceptors (Lipinski definition) is 3. The molecule has 3 rings (SSSR count). The summed E-state index contributed by atoms with van der Waals surface area (Å²) in [6.45, 7) is 1.80. The first-order chi connectivity index (χ1) is 10.0. The summed E-state index contributed by atoms with van der Waals surface area (Å²) in [6.07, 6.45) is 0. The number of fused-ring (bicyclic) bond motifs is 1. The Labute approximate surface area is 128 Å². The molecule has 0 bridgehead atoms. The Morgan fingerprint density at radius 1 is 1.38 bits per heavy atom. The summed E-state index contributed by atoms with van der Waals surface area (Å²) in [5.41, 5.74) is 9.16. The van der Waals surface area contributed by atoms with Crippen LogP contribution in [0, 0.1) is 24.1 Å². The summed E-state index contributed by atoms with van der Waals surface area (Å²) in [4.78, 5) is 4.26. The number of halogens is 2. The van der Waals surface area contributed by atoms with E-state index >= 15 is 0 Å². The Kier molecular flexibility index (Phi) is 3.15. The van der Waals surface area contributed by atoms with Crippen molar-refractivity contribution in [1.82, 2.24) is 9.55 Å². The Bertz CT molecular complexity index is 908. The monoisotopic (exact) mass is 344 g/mol. The minimum absolute atomic E-state index is 0.259. The molecular weight excluding hydrogens is 335 g/mol. The second kappa shape index (κ2) is 4.86. The zero-order valence-electron chi connectivity index (χ0n) is 11.1. The lowest BCUT2D eigenvalue weighted by atomic mass is 10.1. The van der Waals surface area contributed by atoms with Gasteiger partial charge in [0.25, 0.3) is 0 Å². The number of nitrogen functional groups attached to an aromatic ring is 1. The minimum Gasteiger partial charge on any atom is -0.369 e. The van der Waals surface area contributed by atoms with Crippen molar-refractivity contribution in [3.8, 4) is 11.8 Å². The Balaban J connectivity index is 2.39. The van der Waals surface area contributed by atoms with Gasteiger partial charge in [0, 0.05) is 0 Å². The molecule has 3 aromatic rings. The van der Waals surface area contributed by atoms with Gasteiger partial charge in [-0.2, -0.15) is 5.26 Å². The number of rotatable bonds is 1. The van der Waals surface area contributed by atoms with E-state index < -0.39 is 0 Å². The van der Waals surface area contributed by atoms with Crippen LogP contribution in [-0.2, 0) is 0 Å². The second-order valence-electron chi connectivity index (χ2n) is 4.64. The lowest BCUT2D eigenvalue weighted by Gasteiger charge is -2.11. The number of nitrogens with zero attached hydrogens (tertiary/aromatic N) is 3. The third-order valence-electron chi connectivity index (χ3n) is 3.31. The molecule has 0 aliphatic carbocycles. The van der Waals surface area contributed by atoms with Gasteiger partial charge in [0.05, 0.1) is 21.2 Å². The zero-order chi connectivity index (χ0) is 15.1. The smallest absolute Gasteiger partial charge is 0.205 e. The van der Waals surface area contributed by atoms with E-state index in [0.29, 0.717) is 21.1 Å². The number of benzene rings is 2. The van der Waals surface area contributed by atoms with Crippen molar-refractivity contribution in [3.63, 3.8) is 0 Å². The predicted octanol–water partition coefficient (Wildman–Crippen LogP) is 3.69. The van der Waals surface area contributed by atoms with Crippen LogP contribution in [0.2, 0.25) is 0 Å². The van der Waals surface area contributed by atoms with Crippen molar-refractivity contribution in [1.29, 1.82) is 5.26 Å². The van der Waals surface area contributed by atoms with E-state index in [4.69, 9.17) is 11.0 Å². The predicted molar refractivity (Wildman–Crippen MR) is 82.6 cm³/mol. The van der Waals surface area contributed by atoms with E-state index in [1.807, 2.05) is 6.07 Å². The molecular formula is C15H10BrFN4. The van der Waals surface area contributed by atoms with Crippen molar-refractivity contribution in [3.05, 3.63) is 51.7 Å². The van der Waals surface area contributed by atoms with Crippen molar-refractivity contribution in [2.45, 2.75) is 6.92 Å². The highest BCUT2D eigenvalue weighted by molar-refractivity contribution is 9.10. The van der Waals surface area contributed by atoms with Gasteiger partial charge in [-0.05, 0) is 52.7 Å². The summed E-state index contributed by atoms with van der Waals surface area (Å²) in [5.74, 6) is -0.0775. The van der Waals surface area contributed by atoms with Crippen LogP contribution in [0.3, 0.4) is 0 Å². The quantitative estimate of drug-likeness (QED) is 0.731. The number of aryl methyl sites for hydroxylation is 1. The highest BCUT2D eigenvalue weighted by atomic mass is 79.9. The maximum atomic E-state index is 13.6. The lowest BCUT2D eigenvalue weighted by Crippen LogP contribution is -2.03. The van der Waals surface area contributed by atoms with Crippen LogP contribution in [0.4, 0.5) is 10.3 Å². The first kappa shape index (κ1) is 13.6. The minimum atomic E-state index is -0.336. The van der Waals surface area contributed by atoms with Crippen LogP contribution < -0.4 is 5.73 Å². The molecule has 6 heteroatoms. The molecule has 1 aromatic heterocycles. The number of anilines is 1. The summed E-state index contributed by atoms with van der Waals surface area (Å²) in [7, 11) is 0. The topological polar surface area (TPSA) is 67.6 Å². The van der Waals surface area contributed by atoms with Crippen molar-refractivity contribution in [2.24, 2.45) is 0 Å². The summed E-state index contributed by atoms with van der Waals surface area (Å²) in [5, 5.41) is 9.14.